The topological polar surface area (TPSA) is 101 Å². The van der Waals surface area contributed by atoms with Gasteiger partial charge in [-0.25, -0.2) is 0 Å². The Bertz CT molecular complexity index is 301. The summed E-state index contributed by atoms with van der Waals surface area (Å²) in [5.41, 5.74) is 0. The maximum atomic E-state index is 10.2. The molecule has 0 spiro atoms. The normalized spacial score (nSPS) is 9.85. The zero-order valence-electron chi connectivity index (χ0n) is 23.2. The van der Waals surface area contributed by atoms with Crippen molar-refractivity contribution in [2.45, 2.75) is 170 Å². The molecule has 0 atom stereocenters. The fourth-order valence-corrected chi connectivity index (χ4v) is 2.64. The van der Waals surface area contributed by atoms with E-state index in [1.807, 2.05) is 0 Å². The summed E-state index contributed by atoms with van der Waals surface area (Å²) < 4.78 is 0. The van der Waals surface area contributed by atoms with Gasteiger partial charge in [-0.3, -0.25) is 0 Å². The number of carbonyl (C=O) groups excluding carboxylic acids is 1. The van der Waals surface area contributed by atoms with Crippen LogP contribution < -0.4 is 5.11 Å². The largest absolute Gasteiger partial charge is 0.550 e. The molecular weight excluding hydrogens is 452 g/mol. The molecule has 3 N–H and O–H groups in total. The number of aliphatic carboxylic acids is 1. The van der Waals surface area contributed by atoms with Crippen molar-refractivity contribution >= 4 is 5.97 Å². The summed E-state index contributed by atoms with van der Waals surface area (Å²) in [6.07, 6.45) is 19.4. The van der Waals surface area contributed by atoms with E-state index in [-0.39, 0.29) is 46.5 Å². The summed E-state index contributed by atoms with van der Waals surface area (Å²) in [6, 6.07) is 0. The smallest absolute Gasteiger partial charge is 0.0483 e. The molecule has 0 aromatic carbocycles. The van der Waals surface area contributed by atoms with Gasteiger partial charge in [0.05, 0.1) is 0 Å². The fraction of sp³-hybridized carbons (Fsp3) is 0.963. The number of carboxylic acid groups (broad SMARTS) is 1. The van der Waals surface area contributed by atoms with E-state index in [2.05, 4.69) is 6.92 Å². The second-order valence-corrected chi connectivity index (χ2v) is 9.35. The van der Waals surface area contributed by atoms with Crippen LogP contribution in [0.15, 0.2) is 0 Å². The SMILES string of the molecule is CC(C)O.CC(C)O.CC(C)O.CCCCCCCCCCCCCCCCCC(=O)[O-].[Ti]. The van der Waals surface area contributed by atoms with Gasteiger partial charge in [-0.15, -0.1) is 0 Å². The Morgan fingerprint density at radius 3 is 0.909 bits per heavy atom. The second kappa shape index (κ2) is 39.3. The Balaban J connectivity index is -0.000000165. The first-order valence-corrected chi connectivity index (χ1v) is 13.2. The molecule has 33 heavy (non-hydrogen) atoms. The first kappa shape index (κ1) is 43.2. The average molecular weight is 512 g/mol. The molecule has 0 rings (SSSR count). The van der Waals surface area contributed by atoms with Gasteiger partial charge in [0.15, 0.2) is 0 Å². The van der Waals surface area contributed by atoms with Crippen LogP contribution >= 0.6 is 0 Å². The van der Waals surface area contributed by atoms with E-state index in [9.17, 15) is 9.90 Å². The molecule has 0 amide bonds. The predicted octanol–water partition coefficient (Wildman–Crippen LogP) is 6.16. The third-order valence-electron chi connectivity index (χ3n) is 3.98. The molecule has 0 saturated carbocycles. The minimum atomic E-state index is -0.903. The number of unbranched alkanes of at least 4 members (excludes halogenated alkanes) is 14. The van der Waals surface area contributed by atoms with E-state index in [0.717, 1.165) is 12.8 Å². The Hall–Kier alpha value is 0.0643. The third kappa shape index (κ3) is 99.5. The number of hydrogen-bond donors (Lipinski definition) is 3. The number of carboxylic acids is 1. The quantitative estimate of drug-likeness (QED) is 0.170. The van der Waals surface area contributed by atoms with Crippen LogP contribution in [-0.2, 0) is 26.5 Å². The van der Waals surface area contributed by atoms with Crippen molar-refractivity contribution < 1.29 is 46.9 Å². The van der Waals surface area contributed by atoms with Crippen LogP contribution in [-0.4, -0.2) is 39.6 Å². The first-order valence-electron chi connectivity index (χ1n) is 13.2. The van der Waals surface area contributed by atoms with Crippen molar-refractivity contribution in [3.63, 3.8) is 0 Å². The molecule has 0 heterocycles. The average Bonchev–Trinajstić information content (AvgIpc) is 2.63. The van der Waals surface area contributed by atoms with E-state index in [1.165, 1.54) is 83.5 Å². The van der Waals surface area contributed by atoms with Crippen molar-refractivity contribution in [3.05, 3.63) is 0 Å². The molecule has 0 radical (unpaired) electrons. The summed E-state index contributed by atoms with van der Waals surface area (Å²) in [6.45, 7) is 12.6. The van der Waals surface area contributed by atoms with Crippen LogP contribution in [0.3, 0.4) is 0 Å². The van der Waals surface area contributed by atoms with E-state index < -0.39 is 5.97 Å². The zero-order valence-corrected chi connectivity index (χ0v) is 24.8. The molecule has 5 nitrogen and oxygen atoms in total. The van der Waals surface area contributed by atoms with Crippen LogP contribution in [0.2, 0.25) is 0 Å². The Kier molecular flexibility index (Phi) is 51.4. The Morgan fingerprint density at radius 1 is 0.545 bits per heavy atom. The predicted molar refractivity (Wildman–Crippen MR) is 137 cm³/mol. The maximum Gasteiger partial charge on any atom is 0.0483 e. The summed E-state index contributed by atoms with van der Waals surface area (Å²) in [4.78, 5) is 10.2. The number of hydrogen-bond acceptors (Lipinski definition) is 5. The maximum absolute atomic E-state index is 10.2. The van der Waals surface area contributed by atoms with Crippen LogP contribution in [0.25, 0.3) is 0 Å². The molecule has 0 aliphatic rings. The number of aliphatic hydroxyl groups is 3. The molecular formula is C27H59O5Ti-. The van der Waals surface area contributed by atoms with Crippen molar-refractivity contribution in [1.29, 1.82) is 0 Å². The van der Waals surface area contributed by atoms with E-state index in [0.29, 0.717) is 0 Å². The first-order chi connectivity index (χ1) is 15.0. The molecule has 0 unspecified atom stereocenters. The van der Waals surface area contributed by atoms with E-state index in [4.69, 9.17) is 15.3 Å². The van der Waals surface area contributed by atoms with E-state index >= 15 is 0 Å². The number of aliphatic hydroxyl groups excluding tert-OH is 3. The molecule has 0 aliphatic heterocycles. The van der Waals surface area contributed by atoms with Crippen molar-refractivity contribution in [3.8, 4) is 0 Å². The van der Waals surface area contributed by atoms with Gasteiger partial charge in [-0.2, -0.15) is 0 Å². The van der Waals surface area contributed by atoms with Gasteiger partial charge < -0.3 is 25.2 Å². The number of rotatable bonds is 16. The van der Waals surface area contributed by atoms with Gasteiger partial charge in [-0.1, -0.05) is 96.8 Å². The minimum Gasteiger partial charge on any atom is -0.550 e. The molecule has 0 aromatic heterocycles. The molecule has 0 aliphatic carbocycles. The van der Waals surface area contributed by atoms with Crippen LogP contribution in [0, 0.1) is 0 Å². The van der Waals surface area contributed by atoms with Crippen LogP contribution in [0.5, 0.6) is 0 Å². The molecule has 202 valence electrons. The standard InChI is InChI=1S/C18H36O2.3C3H8O.Ti/c1-2-3-4-5-6-7-8-9-10-11-12-13-14-15-16-17-18(19)20;3*1-3(2)4;/h2-17H2,1H3,(H,19,20);3*3-4H,1-2H3;/p-1. The van der Waals surface area contributed by atoms with Gasteiger partial charge in [0, 0.05) is 46.0 Å². The molecule has 6 heteroatoms. The number of carbonyl (C=O) groups is 1. The molecule has 0 aromatic rings. The van der Waals surface area contributed by atoms with Crippen molar-refractivity contribution in [2.24, 2.45) is 0 Å². The Morgan fingerprint density at radius 2 is 0.727 bits per heavy atom. The van der Waals surface area contributed by atoms with Gasteiger partial charge in [0.25, 0.3) is 0 Å². The summed E-state index contributed by atoms with van der Waals surface area (Å²) in [5.74, 6) is -0.903. The van der Waals surface area contributed by atoms with Gasteiger partial charge in [0.1, 0.15) is 0 Å². The molecule has 0 fully saturated rings. The fourth-order valence-electron chi connectivity index (χ4n) is 2.64. The second-order valence-electron chi connectivity index (χ2n) is 9.35. The van der Waals surface area contributed by atoms with Crippen molar-refractivity contribution in [2.75, 3.05) is 0 Å². The molecule has 0 bridgehead atoms. The van der Waals surface area contributed by atoms with Gasteiger partial charge >= 0.3 is 0 Å². The summed E-state index contributed by atoms with van der Waals surface area (Å²) in [7, 11) is 0. The monoisotopic (exact) mass is 511 g/mol. The minimum absolute atomic E-state index is 0. The van der Waals surface area contributed by atoms with Gasteiger partial charge in [-0.05, 0) is 54.4 Å². The summed E-state index contributed by atoms with van der Waals surface area (Å²) in [5, 5.41) is 34.4. The zero-order chi connectivity index (χ0) is 25.6. The van der Waals surface area contributed by atoms with Crippen LogP contribution in [0.4, 0.5) is 0 Å². The van der Waals surface area contributed by atoms with Crippen LogP contribution in [0.1, 0.15) is 151 Å². The van der Waals surface area contributed by atoms with Crippen molar-refractivity contribution in [1.82, 2.24) is 0 Å². The summed E-state index contributed by atoms with van der Waals surface area (Å²) >= 11 is 0. The molecule has 0 saturated heterocycles. The van der Waals surface area contributed by atoms with E-state index in [1.54, 1.807) is 41.5 Å². The Labute approximate surface area is 222 Å². The van der Waals surface area contributed by atoms with Gasteiger partial charge in [0.2, 0.25) is 0 Å². The third-order valence-corrected chi connectivity index (χ3v) is 3.98.